The Bertz CT molecular complexity index is 922. The van der Waals surface area contributed by atoms with Crippen LogP contribution in [0.4, 0.5) is 0 Å². The van der Waals surface area contributed by atoms with Crippen molar-refractivity contribution < 1.29 is 14.1 Å². The molecule has 3 aromatic rings. The molecule has 28 heavy (non-hydrogen) atoms. The van der Waals surface area contributed by atoms with Crippen molar-refractivity contribution in [1.82, 2.24) is 10.5 Å². The summed E-state index contributed by atoms with van der Waals surface area (Å²) in [5.41, 5.74) is 2.32. The summed E-state index contributed by atoms with van der Waals surface area (Å²) in [6.45, 7) is 4.68. The molecule has 1 amide bonds. The van der Waals surface area contributed by atoms with Crippen LogP contribution in [0, 0.1) is 13.8 Å². The number of hydrogen-bond acceptors (Lipinski definition) is 5. The Morgan fingerprint density at radius 2 is 2.00 bits per heavy atom. The van der Waals surface area contributed by atoms with Gasteiger partial charge in [-0.3, -0.25) is 4.79 Å². The van der Waals surface area contributed by atoms with Gasteiger partial charge in [0, 0.05) is 27.2 Å². The minimum Gasteiger partial charge on any atom is -0.489 e. The van der Waals surface area contributed by atoms with Crippen LogP contribution in [0.15, 0.2) is 62.4 Å². The summed E-state index contributed by atoms with van der Waals surface area (Å²) < 4.78 is 12.0. The van der Waals surface area contributed by atoms with Gasteiger partial charge in [0.25, 0.3) is 5.91 Å². The molecule has 0 aliphatic rings. The largest absolute Gasteiger partial charge is 0.489 e. The number of amides is 1. The molecular weight excluding hydrogens is 440 g/mol. The molecule has 0 aliphatic heterocycles. The molecule has 0 aliphatic carbocycles. The number of halogens is 1. The average Bonchev–Trinajstić information content (AvgIpc) is 3.02. The Hall–Kier alpha value is -2.25. The highest BCUT2D eigenvalue weighted by molar-refractivity contribution is 9.10. The first-order valence-corrected chi connectivity index (χ1v) is 10.6. The third kappa shape index (κ3) is 5.62. The maximum atomic E-state index is 12.4. The molecule has 2 aromatic carbocycles. The maximum absolute atomic E-state index is 12.4. The molecule has 5 nitrogen and oxygen atoms in total. The molecule has 0 bridgehead atoms. The molecule has 0 radical (unpaired) electrons. The Kier molecular flexibility index (Phi) is 7.17. The number of rotatable bonds is 8. The lowest BCUT2D eigenvalue weighted by Gasteiger charge is -2.09. The predicted octanol–water partition coefficient (Wildman–Crippen LogP) is 5.16. The summed E-state index contributed by atoms with van der Waals surface area (Å²) in [6.07, 6.45) is 0. The van der Waals surface area contributed by atoms with Crippen LogP contribution in [0.1, 0.15) is 27.4 Å². The number of benzene rings is 2. The van der Waals surface area contributed by atoms with E-state index in [1.165, 1.54) is 4.90 Å². The summed E-state index contributed by atoms with van der Waals surface area (Å²) in [5, 5.41) is 6.86. The van der Waals surface area contributed by atoms with Crippen molar-refractivity contribution in [2.24, 2.45) is 0 Å². The minimum atomic E-state index is -0.112. The number of nitrogens with zero attached hydrogens (tertiary/aromatic N) is 1. The number of nitrogens with one attached hydrogen (secondary N) is 1. The van der Waals surface area contributed by atoms with E-state index in [1.807, 2.05) is 38.1 Å². The second-order valence-corrected chi connectivity index (χ2v) is 8.26. The quantitative estimate of drug-likeness (QED) is 0.371. The summed E-state index contributed by atoms with van der Waals surface area (Å²) >= 11 is 5.13. The fourth-order valence-corrected chi connectivity index (χ4v) is 3.59. The van der Waals surface area contributed by atoms with Gasteiger partial charge in [-0.1, -0.05) is 27.2 Å². The summed E-state index contributed by atoms with van der Waals surface area (Å²) in [5.74, 6) is 2.07. The Morgan fingerprint density at radius 1 is 1.21 bits per heavy atom. The van der Waals surface area contributed by atoms with E-state index >= 15 is 0 Å². The van der Waals surface area contributed by atoms with Gasteiger partial charge in [-0.05, 0) is 56.3 Å². The smallest absolute Gasteiger partial charge is 0.251 e. The van der Waals surface area contributed by atoms with E-state index in [9.17, 15) is 4.79 Å². The second-order valence-electron chi connectivity index (χ2n) is 6.18. The van der Waals surface area contributed by atoms with Crippen molar-refractivity contribution in [3.8, 4) is 5.75 Å². The highest BCUT2D eigenvalue weighted by Crippen LogP contribution is 2.21. The Balaban J connectivity index is 1.48. The molecule has 0 saturated heterocycles. The van der Waals surface area contributed by atoms with Gasteiger partial charge < -0.3 is 14.6 Å². The van der Waals surface area contributed by atoms with Gasteiger partial charge in [-0.25, -0.2) is 0 Å². The van der Waals surface area contributed by atoms with Crippen LogP contribution < -0.4 is 10.1 Å². The van der Waals surface area contributed by atoms with Crippen LogP contribution in [0.5, 0.6) is 5.75 Å². The van der Waals surface area contributed by atoms with E-state index in [0.717, 1.165) is 27.2 Å². The van der Waals surface area contributed by atoms with Crippen molar-refractivity contribution in [2.75, 3.05) is 12.3 Å². The van der Waals surface area contributed by atoms with E-state index < -0.39 is 0 Å². The molecule has 1 heterocycles. The lowest BCUT2D eigenvalue weighted by molar-refractivity contribution is 0.0955. The number of aromatic nitrogens is 1. The monoisotopic (exact) mass is 460 g/mol. The minimum absolute atomic E-state index is 0.112. The van der Waals surface area contributed by atoms with E-state index in [1.54, 1.807) is 23.9 Å². The van der Waals surface area contributed by atoms with Crippen LogP contribution in [-0.4, -0.2) is 23.4 Å². The van der Waals surface area contributed by atoms with Crippen molar-refractivity contribution in [3.63, 3.8) is 0 Å². The number of hydrogen-bond donors (Lipinski definition) is 1. The molecule has 146 valence electrons. The number of carbonyl (C=O) groups excluding carboxylic acids is 1. The van der Waals surface area contributed by atoms with Gasteiger partial charge in [0.1, 0.15) is 18.1 Å². The number of aryl methyl sites for hydroxylation is 2. The van der Waals surface area contributed by atoms with Crippen molar-refractivity contribution in [3.05, 3.63) is 75.6 Å². The molecule has 1 aromatic heterocycles. The van der Waals surface area contributed by atoms with Crippen molar-refractivity contribution >= 4 is 33.6 Å². The topological polar surface area (TPSA) is 64.4 Å². The third-order valence-corrected chi connectivity index (χ3v) is 5.67. The van der Waals surface area contributed by atoms with Gasteiger partial charge in [0.05, 0.1) is 11.3 Å². The zero-order valence-corrected chi connectivity index (χ0v) is 18.1. The van der Waals surface area contributed by atoms with Crippen LogP contribution in [0.25, 0.3) is 0 Å². The molecule has 3 rings (SSSR count). The first kappa shape index (κ1) is 20.5. The van der Waals surface area contributed by atoms with E-state index in [4.69, 9.17) is 9.26 Å². The number of thioether (sulfide) groups is 1. The van der Waals surface area contributed by atoms with Gasteiger partial charge in [0.15, 0.2) is 0 Å². The predicted molar refractivity (Wildman–Crippen MR) is 114 cm³/mol. The highest BCUT2D eigenvalue weighted by Gasteiger charge is 2.11. The lowest BCUT2D eigenvalue weighted by atomic mass is 10.2. The van der Waals surface area contributed by atoms with Crippen LogP contribution in [-0.2, 0) is 6.61 Å². The normalized spacial score (nSPS) is 10.7. The van der Waals surface area contributed by atoms with Gasteiger partial charge in [-0.15, -0.1) is 11.8 Å². The molecular formula is C21H21BrN2O3S. The van der Waals surface area contributed by atoms with E-state index in [-0.39, 0.29) is 5.91 Å². The first-order chi connectivity index (χ1) is 13.5. The number of ether oxygens (including phenoxy) is 1. The molecule has 0 spiro atoms. The Labute approximate surface area is 177 Å². The third-order valence-electron chi connectivity index (χ3n) is 4.13. The second kappa shape index (κ2) is 9.80. The average molecular weight is 461 g/mol. The van der Waals surface area contributed by atoms with Crippen molar-refractivity contribution in [2.45, 2.75) is 25.3 Å². The summed E-state index contributed by atoms with van der Waals surface area (Å²) in [4.78, 5) is 13.6. The van der Waals surface area contributed by atoms with Crippen LogP contribution in [0.3, 0.4) is 0 Å². The highest BCUT2D eigenvalue weighted by atomic mass is 79.9. The summed E-state index contributed by atoms with van der Waals surface area (Å²) in [7, 11) is 0. The zero-order valence-electron chi connectivity index (χ0n) is 15.7. The van der Waals surface area contributed by atoms with E-state index in [0.29, 0.717) is 24.5 Å². The van der Waals surface area contributed by atoms with E-state index in [2.05, 4.69) is 38.5 Å². The van der Waals surface area contributed by atoms with Crippen LogP contribution >= 0.6 is 27.7 Å². The lowest BCUT2D eigenvalue weighted by Crippen LogP contribution is -2.25. The summed E-state index contributed by atoms with van der Waals surface area (Å²) in [6, 6.07) is 15.3. The molecule has 0 fully saturated rings. The standard InChI is InChI=1S/C21H21BrN2O3S/c1-14-20(15(2)27-24-14)13-26-18-5-3-4-16(12-18)21(25)23-10-11-28-19-8-6-17(22)7-9-19/h3-9,12H,10-11,13H2,1-2H3,(H,23,25). The SMILES string of the molecule is Cc1noc(C)c1COc1cccc(C(=O)NCCSc2ccc(Br)cc2)c1. The van der Waals surface area contributed by atoms with Gasteiger partial charge in [-0.2, -0.15) is 0 Å². The van der Waals surface area contributed by atoms with Gasteiger partial charge in [0.2, 0.25) is 0 Å². The Morgan fingerprint density at radius 3 is 2.71 bits per heavy atom. The zero-order chi connectivity index (χ0) is 19.9. The van der Waals surface area contributed by atoms with Crippen LogP contribution in [0.2, 0.25) is 0 Å². The fraction of sp³-hybridized carbons (Fsp3) is 0.238. The maximum Gasteiger partial charge on any atom is 0.251 e. The molecule has 0 atom stereocenters. The first-order valence-electron chi connectivity index (χ1n) is 8.84. The van der Waals surface area contributed by atoms with Crippen molar-refractivity contribution in [1.29, 1.82) is 0 Å². The molecule has 0 saturated carbocycles. The fourth-order valence-electron chi connectivity index (χ4n) is 2.56. The molecule has 1 N–H and O–H groups in total. The van der Waals surface area contributed by atoms with Gasteiger partial charge >= 0.3 is 0 Å². The molecule has 7 heteroatoms. The molecule has 0 unspecified atom stereocenters. The number of carbonyl (C=O) groups is 1.